The molecular weight excluding hydrogens is 311 g/mol. The molecule has 1 aliphatic heterocycles. The Balaban J connectivity index is 1.54. The minimum absolute atomic E-state index is 0.0422. The van der Waals surface area contributed by atoms with Crippen LogP contribution in [0.5, 0.6) is 0 Å². The molecular formula is C18H17FN2O3. The summed E-state index contributed by atoms with van der Waals surface area (Å²) in [5, 5.41) is 14.1. The van der Waals surface area contributed by atoms with Gasteiger partial charge in [-0.25, -0.2) is 4.39 Å². The molecule has 24 heavy (non-hydrogen) atoms. The van der Waals surface area contributed by atoms with E-state index in [9.17, 15) is 9.50 Å². The van der Waals surface area contributed by atoms with E-state index in [1.54, 1.807) is 24.5 Å². The maximum atomic E-state index is 13.5. The van der Waals surface area contributed by atoms with Crippen molar-refractivity contribution in [2.75, 3.05) is 6.54 Å². The molecule has 124 valence electrons. The number of aliphatic hydroxyl groups excluding tert-OH is 1. The van der Waals surface area contributed by atoms with Crippen LogP contribution in [0.4, 0.5) is 4.39 Å². The van der Waals surface area contributed by atoms with Gasteiger partial charge in [-0.05, 0) is 36.2 Å². The highest BCUT2D eigenvalue weighted by Crippen LogP contribution is 2.34. The molecule has 3 aromatic rings. The van der Waals surface area contributed by atoms with Crippen LogP contribution in [0, 0.1) is 5.82 Å². The van der Waals surface area contributed by atoms with Crippen molar-refractivity contribution in [3.8, 4) is 11.5 Å². The summed E-state index contributed by atoms with van der Waals surface area (Å²) >= 11 is 0. The van der Waals surface area contributed by atoms with Crippen LogP contribution in [0.25, 0.3) is 11.5 Å². The van der Waals surface area contributed by atoms with Gasteiger partial charge in [0.25, 0.3) is 0 Å². The first-order valence-corrected chi connectivity index (χ1v) is 7.86. The zero-order chi connectivity index (χ0) is 16.5. The SMILES string of the molecule is O[C@@H]1C[C@@H](c2cccc(F)c2)N(Cc2cc(-c3ccco3)on2)C1. The Morgan fingerprint density at radius 2 is 2.12 bits per heavy atom. The van der Waals surface area contributed by atoms with Gasteiger partial charge in [0.15, 0.2) is 5.76 Å². The molecule has 2 atom stereocenters. The Kier molecular flexibility index (Phi) is 3.92. The van der Waals surface area contributed by atoms with Crippen LogP contribution in [0.3, 0.4) is 0 Å². The minimum Gasteiger partial charge on any atom is -0.461 e. The molecule has 0 bridgehead atoms. The van der Waals surface area contributed by atoms with E-state index in [0.29, 0.717) is 31.0 Å². The van der Waals surface area contributed by atoms with Crippen LogP contribution in [0.2, 0.25) is 0 Å². The number of aliphatic hydroxyl groups is 1. The van der Waals surface area contributed by atoms with Crippen molar-refractivity contribution in [2.24, 2.45) is 0 Å². The molecule has 3 heterocycles. The Labute approximate surface area is 138 Å². The molecule has 0 unspecified atom stereocenters. The number of furan rings is 1. The molecule has 0 aliphatic carbocycles. The van der Waals surface area contributed by atoms with Gasteiger partial charge in [0, 0.05) is 25.2 Å². The molecule has 2 aromatic heterocycles. The second kappa shape index (κ2) is 6.22. The number of hydrogen-bond acceptors (Lipinski definition) is 5. The van der Waals surface area contributed by atoms with Crippen LogP contribution in [0.15, 0.2) is 57.7 Å². The lowest BCUT2D eigenvalue weighted by Crippen LogP contribution is -2.24. The molecule has 5 nitrogen and oxygen atoms in total. The summed E-state index contributed by atoms with van der Waals surface area (Å²) in [5.41, 5.74) is 1.61. The normalized spacial score (nSPS) is 21.4. The predicted octanol–water partition coefficient (Wildman–Crippen LogP) is 3.38. The van der Waals surface area contributed by atoms with Gasteiger partial charge >= 0.3 is 0 Å². The highest BCUT2D eigenvalue weighted by molar-refractivity contribution is 5.49. The first-order valence-electron chi connectivity index (χ1n) is 7.86. The van der Waals surface area contributed by atoms with Crippen molar-refractivity contribution in [1.29, 1.82) is 0 Å². The second-order valence-corrected chi connectivity index (χ2v) is 6.05. The molecule has 6 heteroatoms. The fourth-order valence-electron chi connectivity index (χ4n) is 3.24. The van der Waals surface area contributed by atoms with E-state index in [4.69, 9.17) is 8.94 Å². The van der Waals surface area contributed by atoms with Gasteiger partial charge in [-0.15, -0.1) is 0 Å². The molecule has 1 aliphatic rings. The Hall–Kier alpha value is -2.44. The third kappa shape index (κ3) is 2.98. The monoisotopic (exact) mass is 328 g/mol. The Bertz CT molecular complexity index is 815. The average molecular weight is 328 g/mol. The molecule has 1 fully saturated rings. The molecule has 1 saturated heterocycles. The van der Waals surface area contributed by atoms with E-state index in [2.05, 4.69) is 10.1 Å². The Morgan fingerprint density at radius 1 is 1.21 bits per heavy atom. The standard InChI is InChI=1S/C18H17FN2O3/c19-13-4-1-3-12(7-13)16-9-15(22)11-21(16)10-14-8-18(24-20-14)17-5-2-6-23-17/h1-8,15-16,22H,9-11H2/t15-,16+/m1/s1. The number of nitrogens with zero attached hydrogens (tertiary/aromatic N) is 2. The third-order valence-electron chi connectivity index (χ3n) is 4.30. The molecule has 1 aromatic carbocycles. The topological polar surface area (TPSA) is 62.6 Å². The zero-order valence-corrected chi connectivity index (χ0v) is 12.9. The van der Waals surface area contributed by atoms with Crippen molar-refractivity contribution >= 4 is 0 Å². The van der Waals surface area contributed by atoms with Crippen molar-refractivity contribution < 1.29 is 18.4 Å². The number of hydrogen-bond donors (Lipinski definition) is 1. The van der Waals surface area contributed by atoms with E-state index >= 15 is 0 Å². The number of β-amino-alcohol motifs (C(OH)–C–C–N with tert-alkyl or cyclic N) is 1. The average Bonchev–Trinajstić information content (AvgIpc) is 3.28. The summed E-state index contributed by atoms with van der Waals surface area (Å²) in [4.78, 5) is 2.09. The van der Waals surface area contributed by atoms with Gasteiger partial charge < -0.3 is 14.0 Å². The van der Waals surface area contributed by atoms with E-state index in [1.165, 1.54) is 12.1 Å². The van der Waals surface area contributed by atoms with Gasteiger partial charge in [-0.3, -0.25) is 4.90 Å². The molecule has 4 rings (SSSR count). The van der Waals surface area contributed by atoms with Crippen LogP contribution in [-0.2, 0) is 6.54 Å². The third-order valence-corrected chi connectivity index (χ3v) is 4.30. The predicted molar refractivity (Wildman–Crippen MR) is 84.4 cm³/mol. The van der Waals surface area contributed by atoms with Crippen molar-refractivity contribution in [3.05, 3.63) is 65.8 Å². The van der Waals surface area contributed by atoms with Crippen LogP contribution >= 0.6 is 0 Å². The summed E-state index contributed by atoms with van der Waals surface area (Å²) in [7, 11) is 0. The summed E-state index contributed by atoms with van der Waals surface area (Å²) in [6.45, 7) is 1.03. The molecule has 0 saturated carbocycles. The quantitative estimate of drug-likeness (QED) is 0.795. The van der Waals surface area contributed by atoms with Gasteiger partial charge in [0.05, 0.1) is 18.1 Å². The lowest BCUT2D eigenvalue weighted by molar-refractivity contribution is 0.171. The van der Waals surface area contributed by atoms with E-state index in [1.807, 2.05) is 12.1 Å². The zero-order valence-electron chi connectivity index (χ0n) is 12.9. The van der Waals surface area contributed by atoms with E-state index < -0.39 is 6.10 Å². The van der Waals surface area contributed by atoms with Gasteiger partial charge in [-0.2, -0.15) is 0 Å². The molecule has 1 N–H and O–H groups in total. The van der Waals surface area contributed by atoms with Crippen molar-refractivity contribution in [3.63, 3.8) is 0 Å². The van der Waals surface area contributed by atoms with Gasteiger partial charge in [0.1, 0.15) is 5.82 Å². The van der Waals surface area contributed by atoms with E-state index in [0.717, 1.165) is 11.3 Å². The van der Waals surface area contributed by atoms with Gasteiger partial charge in [-0.1, -0.05) is 17.3 Å². The number of halogens is 1. The van der Waals surface area contributed by atoms with Crippen LogP contribution in [0.1, 0.15) is 23.7 Å². The lowest BCUT2D eigenvalue weighted by atomic mass is 10.0. The maximum Gasteiger partial charge on any atom is 0.202 e. The number of rotatable bonds is 4. The summed E-state index contributed by atoms with van der Waals surface area (Å²) in [6, 6.07) is 11.9. The molecule has 0 radical (unpaired) electrons. The Morgan fingerprint density at radius 3 is 2.92 bits per heavy atom. The summed E-state index contributed by atoms with van der Waals surface area (Å²) in [6.07, 6.45) is 1.72. The second-order valence-electron chi connectivity index (χ2n) is 6.05. The van der Waals surface area contributed by atoms with Crippen molar-refractivity contribution in [2.45, 2.75) is 25.1 Å². The van der Waals surface area contributed by atoms with Crippen LogP contribution < -0.4 is 0 Å². The first kappa shape index (κ1) is 15.1. The fraction of sp³-hybridized carbons (Fsp3) is 0.278. The van der Waals surface area contributed by atoms with Crippen LogP contribution in [-0.4, -0.2) is 27.8 Å². The van der Waals surface area contributed by atoms with Gasteiger partial charge in [0.2, 0.25) is 5.76 Å². The molecule has 0 spiro atoms. The summed E-state index contributed by atoms with van der Waals surface area (Å²) in [5.74, 6) is 0.921. The molecule has 0 amide bonds. The lowest BCUT2D eigenvalue weighted by Gasteiger charge is -2.23. The summed E-state index contributed by atoms with van der Waals surface area (Å²) < 4.78 is 24.1. The number of likely N-dealkylation sites (tertiary alicyclic amines) is 1. The fourth-order valence-corrected chi connectivity index (χ4v) is 3.24. The highest BCUT2D eigenvalue weighted by atomic mass is 19.1. The van der Waals surface area contributed by atoms with Crippen molar-refractivity contribution in [1.82, 2.24) is 10.1 Å². The maximum absolute atomic E-state index is 13.5. The van der Waals surface area contributed by atoms with E-state index in [-0.39, 0.29) is 11.9 Å². The number of benzene rings is 1. The number of aromatic nitrogens is 1. The highest BCUT2D eigenvalue weighted by Gasteiger charge is 2.32. The minimum atomic E-state index is -0.435. The smallest absolute Gasteiger partial charge is 0.202 e. The first-order chi connectivity index (χ1) is 11.7. The largest absolute Gasteiger partial charge is 0.461 e.